The van der Waals surface area contributed by atoms with E-state index in [1.165, 1.54) is 0 Å². The van der Waals surface area contributed by atoms with Crippen molar-refractivity contribution in [1.82, 2.24) is 9.97 Å². The third kappa shape index (κ3) is 3.49. The molecule has 0 aromatic carbocycles. The Hall–Kier alpha value is -1.98. The van der Waals surface area contributed by atoms with Crippen molar-refractivity contribution in [3.63, 3.8) is 0 Å². The van der Waals surface area contributed by atoms with E-state index in [4.69, 9.17) is 5.11 Å². The minimum absolute atomic E-state index is 0.0628. The van der Waals surface area contributed by atoms with Crippen molar-refractivity contribution in [3.05, 3.63) is 18.0 Å². The fourth-order valence-electron chi connectivity index (χ4n) is 2.26. The monoisotopic (exact) mass is 263 g/mol. The van der Waals surface area contributed by atoms with Gasteiger partial charge in [-0.25, -0.2) is 9.97 Å². The van der Waals surface area contributed by atoms with E-state index in [-0.39, 0.29) is 18.1 Å². The van der Waals surface area contributed by atoms with Crippen LogP contribution in [-0.2, 0) is 16.0 Å². The van der Waals surface area contributed by atoms with Crippen molar-refractivity contribution in [2.24, 2.45) is 5.92 Å². The summed E-state index contributed by atoms with van der Waals surface area (Å²) in [5, 5.41) is 8.67. The zero-order valence-corrected chi connectivity index (χ0v) is 10.9. The van der Waals surface area contributed by atoms with Gasteiger partial charge in [0.05, 0.1) is 6.42 Å². The molecule has 0 saturated carbocycles. The van der Waals surface area contributed by atoms with Crippen molar-refractivity contribution in [3.8, 4) is 0 Å². The van der Waals surface area contributed by atoms with E-state index in [0.717, 1.165) is 25.9 Å². The number of rotatable bonds is 4. The number of carboxylic acids is 1. The number of carboxylic acid groups (broad SMARTS) is 1. The Morgan fingerprint density at radius 2 is 1.89 bits per heavy atom. The molecule has 0 amide bonds. The van der Waals surface area contributed by atoms with E-state index >= 15 is 0 Å². The molecule has 1 aliphatic heterocycles. The number of hydrogen-bond acceptors (Lipinski definition) is 5. The van der Waals surface area contributed by atoms with Crippen molar-refractivity contribution < 1.29 is 14.7 Å². The molecule has 0 atom stereocenters. The Kier molecular flexibility index (Phi) is 4.09. The molecule has 6 nitrogen and oxygen atoms in total. The zero-order valence-electron chi connectivity index (χ0n) is 10.9. The highest BCUT2D eigenvalue weighted by atomic mass is 16.4. The predicted octanol–water partition coefficient (Wildman–Crippen LogP) is 0.909. The second kappa shape index (κ2) is 5.77. The van der Waals surface area contributed by atoms with Crippen LogP contribution in [0.1, 0.15) is 25.3 Å². The molecular formula is C13H17N3O3. The molecule has 1 saturated heterocycles. The van der Waals surface area contributed by atoms with Crippen molar-refractivity contribution in [2.75, 3.05) is 18.0 Å². The van der Waals surface area contributed by atoms with Crippen LogP contribution in [0.2, 0.25) is 0 Å². The molecule has 1 fully saturated rings. The number of Topliss-reactive ketones (excluding diaryl/α,β-unsaturated/α-hetero) is 1. The van der Waals surface area contributed by atoms with Crippen LogP contribution in [0.25, 0.3) is 0 Å². The van der Waals surface area contributed by atoms with Gasteiger partial charge in [-0.3, -0.25) is 9.59 Å². The molecule has 1 N–H and O–H groups in total. The zero-order chi connectivity index (χ0) is 13.8. The van der Waals surface area contributed by atoms with E-state index in [0.29, 0.717) is 11.5 Å². The van der Waals surface area contributed by atoms with Crippen LogP contribution in [0.3, 0.4) is 0 Å². The van der Waals surface area contributed by atoms with Crippen molar-refractivity contribution in [1.29, 1.82) is 0 Å². The molecule has 102 valence electrons. The third-order valence-corrected chi connectivity index (χ3v) is 3.40. The quantitative estimate of drug-likeness (QED) is 0.869. The van der Waals surface area contributed by atoms with Crippen LogP contribution >= 0.6 is 0 Å². The summed E-state index contributed by atoms with van der Waals surface area (Å²) in [4.78, 5) is 32.3. The van der Waals surface area contributed by atoms with Crippen molar-refractivity contribution >= 4 is 17.7 Å². The SMILES string of the molecule is CC(=O)C1CCN(c2ncc(CC(=O)O)cn2)CC1. The predicted molar refractivity (Wildman–Crippen MR) is 69.0 cm³/mol. The molecule has 2 heterocycles. The van der Waals surface area contributed by atoms with E-state index in [9.17, 15) is 9.59 Å². The van der Waals surface area contributed by atoms with Crippen LogP contribution in [0.5, 0.6) is 0 Å². The molecule has 6 heteroatoms. The maximum absolute atomic E-state index is 11.3. The summed E-state index contributed by atoms with van der Waals surface area (Å²) in [6.07, 6.45) is 4.69. The van der Waals surface area contributed by atoms with Gasteiger partial charge in [0.15, 0.2) is 0 Å². The lowest BCUT2D eigenvalue weighted by Gasteiger charge is -2.30. The fraction of sp³-hybridized carbons (Fsp3) is 0.538. The van der Waals surface area contributed by atoms with E-state index in [1.807, 2.05) is 4.90 Å². The number of carbonyl (C=O) groups is 2. The van der Waals surface area contributed by atoms with Gasteiger partial charge in [0.1, 0.15) is 5.78 Å². The number of piperidine rings is 1. The van der Waals surface area contributed by atoms with Crippen LogP contribution in [-0.4, -0.2) is 39.9 Å². The number of aliphatic carboxylic acids is 1. The average molecular weight is 263 g/mol. The molecule has 0 bridgehead atoms. The van der Waals surface area contributed by atoms with Gasteiger partial charge in [-0.15, -0.1) is 0 Å². The molecule has 1 aromatic heterocycles. The first-order valence-electron chi connectivity index (χ1n) is 6.34. The van der Waals surface area contributed by atoms with Gasteiger partial charge < -0.3 is 10.0 Å². The second-order valence-corrected chi connectivity index (χ2v) is 4.83. The molecule has 2 rings (SSSR count). The number of aromatic nitrogens is 2. The highest BCUT2D eigenvalue weighted by molar-refractivity contribution is 5.78. The van der Waals surface area contributed by atoms with Crippen LogP contribution in [0.4, 0.5) is 5.95 Å². The topological polar surface area (TPSA) is 83.4 Å². The third-order valence-electron chi connectivity index (χ3n) is 3.40. The Morgan fingerprint density at radius 1 is 1.32 bits per heavy atom. The Bertz CT molecular complexity index is 465. The maximum Gasteiger partial charge on any atom is 0.307 e. The maximum atomic E-state index is 11.3. The number of nitrogens with zero attached hydrogens (tertiary/aromatic N) is 3. The Morgan fingerprint density at radius 3 is 2.37 bits per heavy atom. The first kappa shape index (κ1) is 13.5. The summed E-state index contributed by atoms with van der Waals surface area (Å²) in [5.41, 5.74) is 0.592. The Balaban J connectivity index is 1.96. The molecule has 0 spiro atoms. The molecule has 0 radical (unpaired) electrons. The van der Waals surface area contributed by atoms with Crippen LogP contribution in [0.15, 0.2) is 12.4 Å². The number of anilines is 1. The number of carbonyl (C=O) groups excluding carboxylic acids is 1. The number of hydrogen-bond donors (Lipinski definition) is 1. The summed E-state index contributed by atoms with van der Waals surface area (Å²) in [7, 11) is 0. The van der Waals surface area contributed by atoms with Gasteiger partial charge in [-0.1, -0.05) is 0 Å². The minimum Gasteiger partial charge on any atom is -0.481 e. The lowest BCUT2D eigenvalue weighted by atomic mass is 9.93. The lowest BCUT2D eigenvalue weighted by Crippen LogP contribution is -2.36. The smallest absolute Gasteiger partial charge is 0.307 e. The van der Waals surface area contributed by atoms with E-state index < -0.39 is 5.97 Å². The molecular weight excluding hydrogens is 246 g/mol. The van der Waals surface area contributed by atoms with E-state index in [2.05, 4.69) is 9.97 Å². The van der Waals surface area contributed by atoms with Gasteiger partial charge in [-0.2, -0.15) is 0 Å². The Labute approximate surface area is 111 Å². The van der Waals surface area contributed by atoms with Crippen LogP contribution in [0, 0.1) is 5.92 Å². The largest absolute Gasteiger partial charge is 0.481 e. The van der Waals surface area contributed by atoms with Gasteiger partial charge in [0.25, 0.3) is 0 Å². The molecule has 0 aliphatic carbocycles. The summed E-state index contributed by atoms with van der Waals surface area (Å²) in [6, 6.07) is 0. The second-order valence-electron chi connectivity index (χ2n) is 4.83. The highest BCUT2D eigenvalue weighted by Gasteiger charge is 2.23. The lowest BCUT2D eigenvalue weighted by molar-refractivity contribution is -0.136. The van der Waals surface area contributed by atoms with Crippen molar-refractivity contribution in [2.45, 2.75) is 26.2 Å². The molecule has 19 heavy (non-hydrogen) atoms. The normalized spacial score (nSPS) is 16.4. The van der Waals surface area contributed by atoms with E-state index in [1.54, 1.807) is 19.3 Å². The number of ketones is 1. The summed E-state index contributed by atoms with van der Waals surface area (Å²) < 4.78 is 0. The van der Waals surface area contributed by atoms with Gasteiger partial charge in [0, 0.05) is 37.0 Å². The summed E-state index contributed by atoms with van der Waals surface area (Å²) in [6.45, 7) is 3.17. The summed E-state index contributed by atoms with van der Waals surface area (Å²) in [5.74, 6) is 0.120. The standard InChI is InChI=1S/C13H17N3O3/c1-9(17)11-2-4-16(5-3-11)13-14-7-10(8-15-13)6-12(18)19/h7-8,11H,2-6H2,1H3,(H,18,19). The first-order valence-corrected chi connectivity index (χ1v) is 6.34. The van der Waals surface area contributed by atoms with Gasteiger partial charge in [0.2, 0.25) is 5.95 Å². The fourth-order valence-corrected chi connectivity index (χ4v) is 2.26. The van der Waals surface area contributed by atoms with Gasteiger partial charge >= 0.3 is 5.97 Å². The minimum atomic E-state index is -0.890. The average Bonchev–Trinajstić information content (AvgIpc) is 2.39. The molecule has 0 unspecified atom stereocenters. The van der Waals surface area contributed by atoms with Gasteiger partial charge in [-0.05, 0) is 19.8 Å². The molecule has 1 aliphatic rings. The first-order chi connectivity index (χ1) is 9.06. The molecule has 1 aromatic rings. The summed E-state index contributed by atoms with van der Waals surface area (Å²) >= 11 is 0. The highest BCUT2D eigenvalue weighted by Crippen LogP contribution is 2.21. The van der Waals surface area contributed by atoms with Crippen LogP contribution < -0.4 is 4.90 Å².